The molecule has 0 spiro atoms. The smallest absolute Gasteiger partial charge is 0.344 e. The molecular weight excluding hydrogens is 551 g/mol. The van der Waals surface area contributed by atoms with Gasteiger partial charge in [0.2, 0.25) is 11.8 Å². The minimum absolute atomic E-state index is 0.182. The highest BCUT2D eigenvalue weighted by Gasteiger charge is 2.46. The summed E-state index contributed by atoms with van der Waals surface area (Å²) < 4.78 is 40.7. The van der Waals surface area contributed by atoms with Crippen LogP contribution in [-0.4, -0.2) is 69.0 Å². The molecule has 2 heterocycles. The lowest BCUT2D eigenvalue weighted by atomic mass is 9.98. The van der Waals surface area contributed by atoms with Gasteiger partial charge < -0.3 is 15.5 Å². The highest BCUT2D eigenvalue weighted by atomic mass is 35.5. The lowest BCUT2D eigenvalue weighted by Gasteiger charge is -2.31. The topological polar surface area (TPSA) is 113 Å². The predicted octanol–water partition coefficient (Wildman–Crippen LogP) is 3.85. The zero-order valence-electron chi connectivity index (χ0n) is 22.9. The van der Waals surface area contributed by atoms with E-state index in [0.717, 1.165) is 0 Å². The second-order valence-electron chi connectivity index (χ2n) is 10.5. The van der Waals surface area contributed by atoms with Crippen molar-refractivity contribution >= 4 is 35.1 Å². The van der Waals surface area contributed by atoms with Gasteiger partial charge >= 0.3 is 6.18 Å². The normalized spacial score (nSPS) is 17.2. The van der Waals surface area contributed by atoms with E-state index in [1.807, 2.05) is 0 Å². The van der Waals surface area contributed by atoms with Crippen molar-refractivity contribution in [2.24, 2.45) is 11.8 Å². The molecule has 2 aromatic rings. The number of hydrogen-bond donors (Lipinski definition) is 2. The number of carbonyl (C=O) groups excluding carboxylic acids is 4. The zero-order valence-corrected chi connectivity index (χ0v) is 23.6. The van der Waals surface area contributed by atoms with Gasteiger partial charge in [0.25, 0.3) is 11.7 Å². The molecule has 1 fully saturated rings. The minimum atomic E-state index is -5.11. The molecule has 218 valence electrons. The Bertz CT molecular complexity index is 1280. The summed E-state index contributed by atoms with van der Waals surface area (Å²) >= 11 is 6.06. The van der Waals surface area contributed by atoms with Crippen LogP contribution in [0.3, 0.4) is 0 Å². The van der Waals surface area contributed by atoms with Crippen LogP contribution >= 0.6 is 11.6 Å². The summed E-state index contributed by atoms with van der Waals surface area (Å²) in [5.41, 5.74) is 1.29. The van der Waals surface area contributed by atoms with Crippen molar-refractivity contribution in [2.75, 3.05) is 6.54 Å². The van der Waals surface area contributed by atoms with Crippen molar-refractivity contribution in [1.29, 1.82) is 0 Å². The molecule has 13 heteroatoms. The number of aryl methyl sites for hydroxylation is 1. The highest BCUT2D eigenvalue weighted by Crippen LogP contribution is 2.24. The maximum Gasteiger partial charge on any atom is 0.452 e. The van der Waals surface area contributed by atoms with Crippen molar-refractivity contribution in [3.63, 3.8) is 0 Å². The number of benzene rings is 1. The SMILES string of the molecule is Cc1nn(-c2cccc(Cl)c2)cc1C(=O)N[C@H](C(=O)N1CCC[C@H]1C(=O)N[C@H](C(=O)C(F)(F)F)C(C)C)C(C)C. The second kappa shape index (κ2) is 12.4. The first-order valence-corrected chi connectivity index (χ1v) is 13.3. The number of ketones is 1. The fourth-order valence-corrected chi connectivity index (χ4v) is 4.79. The number of nitrogens with zero attached hydrogens (tertiary/aromatic N) is 3. The van der Waals surface area contributed by atoms with Crippen LogP contribution < -0.4 is 10.6 Å². The minimum Gasteiger partial charge on any atom is -0.344 e. The number of halogens is 4. The molecule has 40 heavy (non-hydrogen) atoms. The number of rotatable bonds is 9. The monoisotopic (exact) mass is 583 g/mol. The molecule has 2 N–H and O–H groups in total. The number of aromatic nitrogens is 2. The van der Waals surface area contributed by atoms with Crippen molar-refractivity contribution < 1.29 is 32.3 Å². The van der Waals surface area contributed by atoms with E-state index in [-0.39, 0.29) is 24.4 Å². The third kappa shape index (κ3) is 7.01. The van der Waals surface area contributed by atoms with Gasteiger partial charge in [-0.25, -0.2) is 4.68 Å². The molecule has 0 unspecified atom stereocenters. The molecule has 0 aliphatic carbocycles. The van der Waals surface area contributed by atoms with E-state index in [4.69, 9.17) is 11.6 Å². The summed E-state index contributed by atoms with van der Waals surface area (Å²) in [7, 11) is 0. The van der Waals surface area contributed by atoms with Crippen LogP contribution in [0, 0.1) is 18.8 Å². The van der Waals surface area contributed by atoms with Crippen molar-refractivity contribution in [3.05, 3.63) is 46.7 Å². The van der Waals surface area contributed by atoms with Gasteiger partial charge in [0.1, 0.15) is 12.1 Å². The molecule has 1 aliphatic rings. The predicted molar refractivity (Wildman–Crippen MR) is 142 cm³/mol. The van der Waals surface area contributed by atoms with Crippen LogP contribution in [0.4, 0.5) is 13.2 Å². The van der Waals surface area contributed by atoms with Crippen LogP contribution in [-0.2, 0) is 14.4 Å². The summed E-state index contributed by atoms with van der Waals surface area (Å²) in [6.07, 6.45) is -2.94. The fraction of sp³-hybridized carbons (Fsp3) is 0.519. The molecule has 1 aromatic carbocycles. The van der Waals surface area contributed by atoms with Crippen LogP contribution in [0.2, 0.25) is 5.02 Å². The quantitative estimate of drug-likeness (QED) is 0.466. The van der Waals surface area contributed by atoms with E-state index in [2.05, 4.69) is 15.7 Å². The number of nitrogens with one attached hydrogen (secondary N) is 2. The summed E-state index contributed by atoms with van der Waals surface area (Å²) in [5, 5.41) is 9.80. The van der Waals surface area contributed by atoms with E-state index in [9.17, 15) is 32.3 Å². The maximum absolute atomic E-state index is 13.6. The van der Waals surface area contributed by atoms with Crippen LogP contribution in [0.15, 0.2) is 30.5 Å². The Kier molecular flexibility index (Phi) is 9.65. The average Bonchev–Trinajstić information content (AvgIpc) is 3.51. The molecule has 1 aliphatic heterocycles. The van der Waals surface area contributed by atoms with E-state index in [1.165, 1.54) is 29.6 Å². The van der Waals surface area contributed by atoms with Gasteiger partial charge in [0.15, 0.2) is 0 Å². The van der Waals surface area contributed by atoms with Gasteiger partial charge in [0.05, 0.1) is 23.0 Å². The lowest BCUT2D eigenvalue weighted by molar-refractivity contribution is -0.175. The first kappa shape index (κ1) is 31.1. The van der Waals surface area contributed by atoms with Gasteiger partial charge in [-0.2, -0.15) is 18.3 Å². The Morgan fingerprint density at radius 3 is 2.27 bits per heavy atom. The molecule has 0 saturated carbocycles. The Morgan fingerprint density at radius 1 is 1.05 bits per heavy atom. The Morgan fingerprint density at radius 2 is 1.70 bits per heavy atom. The summed E-state index contributed by atoms with van der Waals surface area (Å²) in [5.74, 6) is -5.16. The first-order valence-electron chi connectivity index (χ1n) is 13.0. The summed E-state index contributed by atoms with van der Waals surface area (Å²) in [6, 6.07) is 3.04. The number of Topliss-reactive ketones (excluding diaryl/α,β-unsaturated/α-hetero) is 1. The molecule has 3 rings (SSSR count). The third-order valence-corrected chi connectivity index (χ3v) is 7.04. The number of alkyl halides is 3. The zero-order chi connectivity index (χ0) is 29.9. The van der Waals surface area contributed by atoms with Gasteiger partial charge in [-0.1, -0.05) is 45.4 Å². The molecular formula is C27H33ClF3N5O4. The average molecular weight is 584 g/mol. The highest BCUT2D eigenvalue weighted by molar-refractivity contribution is 6.30. The molecule has 1 saturated heterocycles. The summed E-state index contributed by atoms with van der Waals surface area (Å²) in [4.78, 5) is 53.0. The van der Waals surface area contributed by atoms with E-state index < -0.39 is 53.7 Å². The van der Waals surface area contributed by atoms with Gasteiger partial charge in [-0.05, 0) is 49.8 Å². The number of carbonyl (C=O) groups is 4. The Labute approximate surface area is 235 Å². The largest absolute Gasteiger partial charge is 0.452 e. The molecule has 0 radical (unpaired) electrons. The van der Waals surface area contributed by atoms with Gasteiger partial charge in [-0.3, -0.25) is 19.2 Å². The van der Waals surface area contributed by atoms with Crippen LogP contribution in [0.5, 0.6) is 0 Å². The standard InChI is InChI=1S/C27H33ClF3N5O4/c1-14(2)21(23(37)27(29,30)31)32-25(39)20-10-7-11-35(20)26(40)22(15(3)4)33-24(38)19-13-36(34-16(19)5)18-9-6-8-17(28)12-18/h6,8-9,12-15,20-22H,7,10-11H2,1-5H3,(H,32,39)(H,33,38)/t20-,21-,22-/m0/s1. The third-order valence-electron chi connectivity index (χ3n) is 6.80. The van der Waals surface area contributed by atoms with Gasteiger partial charge in [0, 0.05) is 17.8 Å². The van der Waals surface area contributed by atoms with E-state index in [0.29, 0.717) is 22.8 Å². The fourth-order valence-electron chi connectivity index (χ4n) is 4.61. The van der Waals surface area contributed by atoms with E-state index in [1.54, 1.807) is 45.0 Å². The first-order chi connectivity index (χ1) is 18.6. The lowest BCUT2D eigenvalue weighted by Crippen LogP contribution is -2.58. The molecule has 0 bridgehead atoms. The molecule has 3 amide bonds. The van der Waals surface area contributed by atoms with Crippen LogP contribution in [0.1, 0.15) is 56.6 Å². The second-order valence-corrected chi connectivity index (χ2v) is 11.0. The van der Waals surface area contributed by atoms with Gasteiger partial charge in [-0.15, -0.1) is 0 Å². The molecule has 1 aromatic heterocycles. The molecule has 9 nitrogen and oxygen atoms in total. The summed E-state index contributed by atoms with van der Waals surface area (Å²) in [6.45, 7) is 8.08. The Balaban J connectivity index is 1.77. The maximum atomic E-state index is 13.6. The Hall–Kier alpha value is -3.41. The number of amides is 3. The van der Waals surface area contributed by atoms with E-state index >= 15 is 0 Å². The number of hydrogen-bond acceptors (Lipinski definition) is 5. The molecule has 3 atom stereocenters. The van der Waals surface area contributed by atoms with Crippen molar-refractivity contribution in [2.45, 2.75) is 71.8 Å². The van der Waals surface area contributed by atoms with Crippen LogP contribution in [0.25, 0.3) is 5.69 Å². The number of likely N-dealkylation sites (tertiary alicyclic amines) is 1. The van der Waals surface area contributed by atoms with Crippen molar-refractivity contribution in [1.82, 2.24) is 25.3 Å². The van der Waals surface area contributed by atoms with Crippen molar-refractivity contribution in [3.8, 4) is 5.69 Å².